The first kappa shape index (κ1) is 28.0. The number of nitrogens with zero attached hydrogens (tertiary/aromatic N) is 2. The Kier molecular flexibility index (Phi) is 10.7. The number of amides is 2. The van der Waals surface area contributed by atoms with E-state index < -0.39 is 28.5 Å². The fourth-order valence-corrected chi connectivity index (χ4v) is 4.84. The van der Waals surface area contributed by atoms with Crippen LogP contribution < -0.4 is 9.62 Å². The lowest BCUT2D eigenvalue weighted by Crippen LogP contribution is -2.53. The molecule has 2 rings (SSSR count). The van der Waals surface area contributed by atoms with Gasteiger partial charge in [0.05, 0.1) is 22.0 Å². The number of halogens is 2. The predicted molar refractivity (Wildman–Crippen MR) is 138 cm³/mol. The summed E-state index contributed by atoms with van der Waals surface area (Å²) in [7, 11) is -3.88. The van der Waals surface area contributed by atoms with Gasteiger partial charge in [0.2, 0.25) is 21.8 Å². The molecular weight excluding hydrogens is 497 g/mol. The maximum atomic E-state index is 13.5. The first-order valence-corrected chi connectivity index (χ1v) is 13.7. The smallest absolute Gasteiger partial charge is 0.244 e. The number of sulfonamides is 1. The molecule has 2 aromatic carbocycles. The van der Waals surface area contributed by atoms with E-state index in [4.69, 9.17) is 23.2 Å². The Labute approximate surface area is 212 Å². The van der Waals surface area contributed by atoms with Gasteiger partial charge < -0.3 is 10.2 Å². The second kappa shape index (κ2) is 13.0. The number of anilines is 1. The van der Waals surface area contributed by atoms with Crippen molar-refractivity contribution >= 4 is 50.7 Å². The lowest BCUT2D eigenvalue weighted by atomic mass is 10.1. The lowest BCUT2D eigenvalue weighted by Gasteiger charge is -2.33. The molecular formula is C24H31Cl2N3O4S. The highest BCUT2D eigenvalue weighted by Gasteiger charge is 2.32. The Hall–Kier alpha value is -2.29. The van der Waals surface area contributed by atoms with E-state index in [0.717, 1.165) is 22.5 Å². The molecule has 0 aliphatic rings. The highest BCUT2D eigenvalue weighted by molar-refractivity contribution is 7.92. The second-order valence-electron chi connectivity index (χ2n) is 7.88. The molecule has 2 aromatic rings. The topological polar surface area (TPSA) is 86.8 Å². The summed E-state index contributed by atoms with van der Waals surface area (Å²) in [5.74, 6) is -0.770. The van der Waals surface area contributed by atoms with Crippen LogP contribution in [0.4, 0.5) is 5.69 Å². The third kappa shape index (κ3) is 7.61. The van der Waals surface area contributed by atoms with E-state index >= 15 is 0 Å². The first-order valence-electron chi connectivity index (χ1n) is 11.1. The Bertz CT molecular complexity index is 1080. The normalized spacial score (nSPS) is 12.1. The van der Waals surface area contributed by atoms with Crippen molar-refractivity contribution < 1.29 is 18.0 Å². The van der Waals surface area contributed by atoms with Gasteiger partial charge in [-0.2, -0.15) is 0 Å². The largest absolute Gasteiger partial charge is 0.354 e. The Morgan fingerprint density at radius 2 is 1.71 bits per heavy atom. The van der Waals surface area contributed by atoms with Crippen LogP contribution in [0.1, 0.15) is 32.3 Å². The third-order valence-corrected chi connectivity index (χ3v) is 7.23. The Balaban J connectivity index is 2.38. The van der Waals surface area contributed by atoms with Gasteiger partial charge in [0, 0.05) is 13.1 Å². The van der Waals surface area contributed by atoms with E-state index in [-0.39, 0.29) is 28.2 Å². The van der Waals surface area contributed by atoms with Crippen LogP contribution in [0.25, 0.3) is 0 Å². The van der Waals surface area contributed by atoms with E-state index in [0.29, 0.717) is 19.4 Å². The zero-order valence-electron chi connectivity index (χ0n) is 19.6. The van der Waals surface area contributed by atoms with E-state index in [1.54, 1.807) is 6.07 Å². The van der Waals surface area contributed by atoms with Crippen molar-refractivity contribution in [1.29, 1.82) is 0 Å². The number of carbonyl (C=O) groups excluding carboxylic acids is 2. The number of rotatable bonds is 12. The summed E-state index contributed by atoms with van der Waals surface area (Å²) in [5, 5.41) is 3.05. The van der Waals surface area contributed by atoms with Crippen molar-refractivity contribution in [3.8, 4) is 0 Å². The molecule has 1 atom stereocenters. The molecule has 0 fully saturated rings. The van der Waals surface area contributed by atoms with Gasteiger partial charge >= 0.3 is 0 Å². The first-order chi connectivity index (χ1) is 16.1. The number of benzene rings is 2. The van der Waals surface area contributed by atoms with Crippen LogP contribution in [0.2, 0.25) is 10.0 Å². The molecule has 0 saturated carbocycles. The lowest BCUT2D eigenvalue weighted by molar-refractivity contribution is -0.139. The van der Waals surface area contributed by atoms with Gasteiger partial charge in [-0.05, 0) is 37.0 Å². The average Bonchev–Trinajstić information content (AvgIpc) is 2.80. The van der Waals surface area contributed by atoms with Crippen LogP contribution in [-0.2, 0) is 26.0 Å². The molecule has 0 aliphatic heterocycles. The number of hydrogen-bond acceptors (Lipinski definition) is 4. The highest BCUT2D eigenvalue weighted by atomic mass is 35.5. The van der Waals surface area contributed by atoms with Crippen LogP contribution in [0, 0.1) is 0 Å². The summed E-state index contributed by atoms with van der Waals surface area (Å²) in [6.45, 7) is 4.00. The maximum Gasteiger partial charge on any atom is 0.244 e. The fourth-order valence-electron chi connectivity index (χ4n) is 3.54. The van der Waals surface area contributed by atoms with Crippen molar-refractivity contribution in [3.63, 3.8) is 0 Å². The summed E-state index contributed by atoms with van der Waals surface area (Å²) >= 11 is 12.4. The second-order valence-corrected chi connectivity index (χ2v) is 10.6. The number of hydrogen-bond donors (Lipinski definition) is 1. The van der Waals surface area contributed by atoms with Crippen LogP contribution in [0.3, 0.4) is 0 Å². The van der Waals surface area contributed by atoms with E-state index in [2.05, 4.69) is 5.32 Å². The molecule has 1 unspecified atom stereocenters. The quantitative estimate of drug-likeness (QED) is 0.449. The summed E-state index contributed by atoms with van der Waals surface area (Å²) < 4.78 is 26.2. The van der Waals surface area contributed by atoms with E-state index in [1.165, 1.54) is 17.0 Å². The average molecular weight is 529 g/mol. The minimum atomic E-state index is -3.88. The molecule has 0 spiro atoms. The molecule has 0 aliphatic carbocycles. The van der Waals surface area contributed by atoms with Gasteiger partial charge in [0.25, 0.3) is 0 Å². The van der Waals surface area contributed by atoms with Crippen LogP contribution in [0.5, 0.6) is 0 Å². The van der Waals surface area contributed by atoms with Crippen LogP contribution >= 0.6 is 23.2 Å². The maximum absolute atomic E-state index is 13.5. The fraction of sp³-hybridized carbons (Fsp3) is 0.417. The van der Waals surface area contributed by atoms with Crippen molar-refractivity contribution in [2.75, 3.05) is 30.2 Å². The minimum Gasteiger partial charge on any atom is -0.354 e. The molecule has 0 aromatic heterocycles. The van der Waals surface area contributed by atoms with Crippen LogP contribution in [-0.4, -0.2) is 57.1 Å². The molecule has 34 heavy (non-hydrogen) atoms. The van der Waals surface area contributed by atoms with Gasteiger partial charge in [-0.1, -0.05) is 73.4 Å². The molecule has 7 nitrogen and oxygen atoms in total. The van der Waals surface area contributed by atoms with Crippen molar-refractivity contribution in [2.24, 2.45) is 0 Å². The van der Waals surface area contributed by atoms with Crippen molar-refractivity contribution in [3.05, 3.63) is 64.1 Å². The van der Waals surface area contributed by atoms with Gasteiger partial charge in [-0.3, -0.25) is 13.9 Å². The number of nitrogens with one attached hydrogen (secondary N) is 1. The molecule has 0 radical (unpaired) electrons. The molecule has 0 saturated heterocycles. The molecule has 2 amide bonds. The van der Waals surface area contributed by atoms with Gasteiger partial charge in [-0.25, -0.2) is 8.42 Å². The Morgan fingerprint density at radius 1 is 1.03 bits per heavy atom. The highest BCUT2D eigenvalue weighted by Crippen LogP contribution is 2.33. The zero-order chi connectivity index (χ0) is 25.3. The molecule has 186 valence electrons. The van der Waals surface area contributed by atoms with E-state index in [9.17, 15) is 18.0 Å². The summed E-state index contributed by atoms with van der Waals surface area (Å²) in [6.07, 6.45) is 2.65. The monoisotopic (exact) mass is 527 g/mol. The number of carbonyl (C=O) groups is 2. The standard InChI is InChI=1S/C24H31Cl2N3O4S/c1-4-15-27-24(31)20(5-2)28(16-14-18-10-7-6-8-11-18)22(30)17-29(34(3,32)33)21-13-9-12-19(25)23(21)26/h6-13,20H,4-5,14-17H2,1-3H3,(H,27,31). The van der Waals surface area contributed by atoms with Gasteiger partial charge in [-0.15, -0.1) is 0 Å². The summed E-state index contributed by atoms with van der Waals surface area (Å²) in [4.78, 5) is 27.9. The summed E-state index contributed by atoms with van der Waals surface area (Å²) in [5.41, 5.74) is 1.11. The van der Waals surface area contributed by atoms with Crippen LogP contribution in [0.15, 0.2) is 48.5 Å². The molecule has 0 heterocycles. The zero-order valence-corrected chi connectivity index (χ0v) is 22.0. The van der Waals surface area contributed by atoms with E-state index in [1.807, 2.05) is 44.2 Å². The third-order valence-electron chi connectivity index (χ3n) is 5.30. The SMILES string of the molecule is CCCNC(=O)C(CC)N(CCc1ccccc1)C(=O)CN(c1cccc(Cl)c1Cl)S(C)(=O)=O. The molecule has 1 N–H and O–H groups in total. The van der Waals surface area contributed by atoms with Crippen molar-refractivity contribution in [2.45, 2.75) is 39.2 Å². The van der Waals surface area contributed by atoms with Gasteiger partial charge in [0.1, 0.15) is 12.6 Å². The molecule has 10 heteroatoms. The van der Waals surface area contributed by atoms with Gasteiger partial charge in [0.15, 0.2) is 0 Å². The Morgan fingerprint density at radius 3 is 2.29 bits per heavy atom. The predicted octanol–water partition coefficient (Wildman–Crippen LogP) is 4.14. The minimum absolute atomic E-state index is 0.0333. The summed E-state index contributed by atoms with van der Waals surface area (Å²) in [6, 6.07) is 13.4. The molecule has 0 bridgehead atoms. The van der Waals surface area contributed by atoms with Crippen molar-refractivity contribution in [1.82, 2.24) is 10.2 Å².